The molecule has 0 atom stereocenters. The number of benzene rings is 1. The number of pyridine rings is 1. The van der Waals surface area contributed by atoms with Gasteiger partial charge in [-0.05, 0) is 42.5 Å². The van der Waals surface area contributed by atoms with E-state index in [2.05, 4.69) is 44.0 Å². The van der Waals surface area contributed by atoms with E-state index >= 15 is 0 Å². The Morgan fingerprint density at radius 3 is 2.65 bits per heavy atom. The quantitative estimate of drug-likeness (QED) is 0.770. The monoisotopic (exact) mass is 247 g/mol. The molecular weight excluding hydrogens is 230 g/mol. The summed E-state index contributed by atoms with van der Waals surface area (Å²) in [4.78, 5) is 4.67. The third-order valence-corrected chi connectivity index (χ3v) is 3.21. The Labute approximate surface area is 108 Å². The topological polar surface area (TPSA) is 12.9 Å². The lowest BCUT2D eigenvalue weighted by molar-refractivity contribution is 0.637. The van der Waals surface area contributed by atoms with Crippen LogP contribution in [0.1, 0.15) is 32.0 Å². The van der Waals surface area contributed by atoms with Gasteiger partial charge in [0.25, 0.3) is 0 Å². The predicted molar refractivity (Wildman–Crippen MR) is 74.7 cm³/mol. The fourth-order valence-corrected chi connectivity index (χ4v) is 2.30. The van der Waals surface area contributed by atoms with Crippen LogP contribution in [-0.4, -0.2) is 4.98 Å². The maximum absolute atomic E-state index is 6.33. The number of halogens is 1. The molecule has 1 heterocycles. The van der Waals surface area contributed by atoms with Gasteiger partial charge in [-0.15, -0.1) is 0 Å². The van der Waals surface area contributed by atoms with Crippen molar-refractivity contribution >= 4 is 22.5 Å². The normalized spacial score (nSPS) is 11.4. The van der Waals surface area contributed by atoms with Crippen LogP contribution in [0.3, 0.4) is 0 Å². The minimum absolute atomic E-state index is 0.603. The molecule has 0 amide bonds. The number of aryl methyl sites for hydroxylation is 1. The Balaban J connectivity index is 2.51. The highest BCUT2D eigenvalue weighted by atomic mass is 35.5. The second kappa shape index (κ2) is 5.05. The molecule has 0 aliphatic rings. The van der Waals surface area contributed by atoms with Gasteiger partial charge in [0.2, 0.25) is 0 Å². The smallest absolute Gasteiger partial charge is 0.0720 e. The van der Waals surface area contributed by atoms with Gasteiger partial charge in [0, 0.05) is 11.1 Å². The first-order chi connectivity index (χ1) is 8.10. The molecule has 2 aromatic rings. The highest BCUT2D eigenvalue weighted by Gasteiger charge is 2.06. The first kappa shape index (κ1) is 12.4. The van der Waals surface area contributed by atoms with E-state index in [4.69, 9.17) is 11.6 Å². The van der Waals surface area contributed by atoms with Crippen molar-refractivity contribution < 1.29 is 0 Å². The van der Waals surface area contributed by atoms with Crippen LogP contribution in [0.25, 0.3) is 10.9 Å². The van der Waals surface area contributed by atoms with Gasteiger partial charge in [-0.25, -0.2) is 0 Å². The van der Waals surface area contributed by atoms with Crippen LogP contribution in [-0.2, 0) is 12.8 Å². The lowest BCUT2D eigenvalue weighted by Gasteiger charge is -2.08. The molecule has 0 spiro atoms. The van der Waals surface area contributed by atoms with E-state index in [-0.39, 0.29) is 0 Å². The van der Waals surface area contributed by atoms with Crippen molar-refractivity contribution in [2.24, 2.45) is 5.92 Å². The van der Waals surface area contributed by atoms with Crippen LogP contribution in [0.4, 0.5) is 0 Å². The summed E-state index contributed by atoms with van der Waals surface area (Å²) < 4.78 is 0. The second-order valence-corrected chi connectivity index (χ2v) is 5.31. The summed E-state index contributed by atoms with van der Waals surface area (Å²) in [5, 5.41) is 1.89. The van der Waals surface area contributed by atoms with Crippen molar-refractivity contribution in [3.05, 3.63) is 40.5 Å². The van der Waals surface area contributed by atoms with Gasteiger partial charge in [0.15, 0.2) is 0 Å². The first-order valence-corrected chi connectivity index (χ1v) is 6.56. The van der Waals surface area contributed by atoms with E-state index in [0.29, 0.717) is 5.92 Å². The zero-order valence-corrected chi connectivity index (χ0v) is 11.4. The minimum atomic E-state index is 0.603. The van der Waals surface area contributed by atoms with Crippen molar-refractivity contribution in [3.8, 4) is 0 Å². The molecule has 0 aliphatic carbocycles. The van der Waals surface area contributed by atoms with E-state index in [9.17, 15) is 0 Å². The Morgan fingerprint density at radius 2 is 2.00 bits per heavy atom. The molecule has 0 aliphatic heterocycles. The first-order valence-electron chi connectivity index (χ1n) is 6.18. The van der Waals surface area contributed by atoms with Gasteiger partial charge in [-0.1, -0.05) is 38.4 Å². The molecule has 0 saturated carbocycles. The average molecular weight is 248 g/mol. The number of hydrogen-bond acceptors (Lipinski definition) is 1. The fraction of sp³-hybridized carbons (Fsp3) is 0.400. The Hall–Kier alpha value is -1.08. The van der Waals surface area contributed by atoms with Crippen LogP contribution in [0, 0.1) is 5.92 Å². The molecule has 17 heavy (non-hydrogen) atoms. The standard InChI is InChI=1S/C15H18ClN/c1-4-11-5-6-15-13(8-11)14(16)9-12(17-15)7-10(2)3/h5-6,8-10H,4,7H2,1-3H3. The number of aromatic nitrogens is 1. The van der Waals surface area contributed by atoms with E-state index < -0.39 is 0 Å². The maximum Gasteiger partial charge on any atom is 0.0720 e. The summed E-state index contributed by atoms with van der Waals surface area (Å²) in [6.45, 7) is 6.54. The summed E-state index contributed by atoms with van der Waals surface area (Å²) in [6.07, 6.45) is 2.01. The molecule has 0 bridgehead atoms. The number of hydrogen-bond donors (Lipinski definition) is 0. The zero-order valence-electron chi connectivity index (χ0n) is 10.6. The Kier molecular flexibility index (Phi) is 3.68. The summed E-state index contributed by atoms with van der Waals surface area (Å²) in [6, 6.07) is 8.35. The third-order valence-electron chi connectivity index (χ3n) is 2.90. The van der Waals surface area contributed by atoms with Gasteiger partial charge in [0.05, 0.1) is 10.5 Å². The van der Waals surface area contributed by atoms with Crippen molar-refractivity contribution in [3.63, 3.8) is 0 Å². The van der Waals surface area contributed by atoms with Crippen molar-refractivity contribution in [2.45, 2.75) is 33.6 Å². The largest absolute Gasteiger partial charge is 0.253 e. The van der Waals surface area contributed by atoms with Crippen LogP contribution in [0.15, 0.2) is 24.3 Å². The molecule has 0 N–H and O–H groups in total. The van der Waals surface area contributed by atoms with E-state index in [0.717, 1.165) is 34.5 Å². The molecular formula is C15H18ClN. The predicted octanol–water partition coefficient (Wildman–Crippen LogP) is 4.65. The molecule has 0 saturated heterocycles. The molecule has 1 aromatic heterocycles. The van der Waals surface area contributed by atoms with Crippen molar-refractivity contribution in [2.75, 3.05) is 0 Å². The summed E-state index contributed by atoms with van der Waals surface area (Å²) in [5.74, 6) is 0.603. The fourth-order valence-electron chi connectivity index (χ4n) is 2.03. The number of rotatable bonds is 3. The Morgan fingerprint density at radius 1 is 1.24 bits per heavy atom. The Bertz CT molecular complexity index is 532. The average Bonchev–Trinajstić information content (AvgIpc) is 2.28. The zero-order chi connectivity index (χ0) is 12.4. The summed E-state index contributed by atoms with van der Waals surface area (Å²) in [5.41, 5.74) is 3.39. The lowest BCUT2D eigenvalue weighted by Crippen LogP contribution is -1.98. The molecule has 1 aromatic carbocycles. The number of nitrogens with zero attached hydrogens (tertiary/aromatic N) is 1. The SMILES string of the molecule is CCc1ccc2nc(CC(C)C)cc(Cl)c2c1. The maximum atomic E-state index is 6.33. The van der Waals surface area contributed by atoms with Crippen LogP contribution in [0.2, 0.25) is 5.02 Å². The van der Waals surface area contributed by atoms with E-state index in [1.54, 1.807) is 0 Å². The third kappa shape index (κ3) is 2.78. The summed E-state index contributed by atoms with van der Waals surface area (Å²) in [7, 11) is 0. The van der Waals surface area contributed by atoms with Crippen molar-refractivity contribution in [1.82, 2.24) is 4.98 Å². The van der Waals surface area contributed by atoms with E-state index in [1.165, 1.54) is 5.56 Å². The van der Waals surface area contributed by atoms with Gasteiger partial charge in [0.1, 0.15) is 0 Å². The minimum Gasteiger partial charge on any atom is -0.253 e. The molecule has 90 valence electrons. The van der Waals surface area contributed by atoms with Gasteiger partial charge in [-0.2, -0.15) is 0 Å². The van der Waals surface area contributed by atoms with Crippen LogP contribution in [0.5, 0.6) is 0 Å². The highest BCUT2D eigenvalue weighted by Crippen LogP contribution is 2.25. The molecule has 0 unspecified atom stereocenters. The van der Waals surface area contributed by atoms with E-state index in [1.807, 2.05) is 6.07 Å². The van der Waals surface area contributed by atoms with Crippen LogP contribution < -0.4 is 0 Å². The van der Waals surface area contributed by atoms with Crippen LogP contribution >= 0.6 is 11.6 Å². The van der Waals surface area contributed by atoms with Gasteiger partial charge in [-0.3, -0.25) is 4.98 Å². The molecule has 1 nitrogen and oxygen atoms in total. The molecule has 2 heteroatoms. The van der Waals surface area contributed by atoms with Gasteiger partial charge < -0.3 is 0 Å². The highest BCUT2D eigenvalue weighted by molar-refractivity contribution is 6.35. The second-order valence-electron chi connectivity index (χ2n) is 4.90. The molecule has 0 radical (unpaired) electrons. The van der Waals surface area contributed by atoms with Gasteiger partial charge >= 0.3 is 0 Å². The van der Waals surface area contributed by atoms with Crippen molar-refractivity contribution in [1.29, 1.82) is 0 Å². The molecule has 2 rings (SSSR count). The number of fused-ring (bicyclic) bond motifs is 1. The lowest BCUT2D eigenvalue weighted by atomic mass is 10.0. The summed E-state index contributed by atoms with van der Waals surface area (Å²) >= 11 is 6.33. The molecule has 0 fully saturated rings.